The molecule has 3 aromatic rings. The molecule has 120 valence electrons. The van der Waals surface area contributed by atoms with Gasteiger partial charge >= 0.3 is 7.12 Å². The van der Waals surface area contributed by atoms with Crippen LogP contribution in [0.2, 0.25) is 0 Å². The van der Waals surface area contributed by atoms with E-state index in [1.807, 2.05) is 30.3 Å². The first-order valence-electron chi connectivity index (χ1n) is 7.22. The van der Waals surface area contributed by atoms with Crippen LogP contribution in [0.1, 0.15) is 16.2 Å². The predicted octanol–water partition coefficient (Wildman–Crippen LogP) is 0.339. The van der Waals surface area contributed by atoms with E-state index < -0.39 is 7.12 Å². The zero-order valence-corrected chi connectivity index (χ0v) is 12.6. The lowest BCUT2D eigenvalue weighted by atomic mass is 9.77. The van der Waals surface area contributed by atoms with Crippen molar-refractivity contribution in [3.63, 3.8) is 0 Å². The lowest BCUT2D eigenvalue weighted by Gasteiger charge is -2.10. The Labute approximate surface area is 138 Å². The van der Waals surface area contributed by atoms with E-state index in [1.165, 1.54) is 6.07 Å². The summed E-state index contributed by atoms with van der Waals surface area (Å²) < 4.78 is 7.18. The highest BCUT2D eigenvalue weighted by Crippen LogP contribution is 2.16. The smallest absolute Gasteiger partial charge is 0.485 e. The molecule has 1 aromatic heterocycles. The minimum absolute atomic E-state index is 0.0473. The van der Waals surface area contributed by atoms with Crippen LogP contribution in [0.5, 0.6) is 5.75 Å². The first kappa shape index (κ1) is 15.9. The van der Waals surface area contributed by atoms with Crippen molar-refractivity contribution in [2.24, 2.45) is 0 Å². The van der Waals surface area contributed by atoms with Gasteiger partial charge in [-0.05, 0) is 23.7 Å². The van der Waals surface area contributed by atoms with Crippen molar-refractivity contribution in [3.8, 4) is 11.4 Å². The van der Waals surface area contributed by atoms with Gasteiger partial charge in [-0.3, -0.25) is 4.79 Å². The van der Waals surface area contributed by atoms with Crippen LogP contribution in [0, 0.1) is 0 Å². The number of ether oxygens (including phenoxy) is 1. The molecule has 1 heterocycles. The molecule has 0 bridgehead atoms. The Morgan fingerprint density at radius 3 is 2.62 bits per heavy atom. The highest BCUT2D eigenvalue weighted by Gasteiger charge is 2.19. The number of benzene rings is 2. The quantitative estimate of drug-likeness (QED) is 0.501. The minimum Gasteiger partial charge on any atom is -0.485 e. The first-order chi connectivity index (χ1) is 11.7. The monoisotopic (exact) mass is 323 g/mol. The van der Waals surface area contributed by atoms with Crippen LogP contribution in [-0.4, -0.2) is 38.2 Å². The Hall–Kier alpha value is -2.97. The maximum Gasteiger partial charge on any atom is 0.489 e. The zero-order chi connectivity index (χ0) is 16.9. The molecule has 2 aromatic carbocycles. The zero-order valence-electron chi connectivity index (χ0n) is 12.6. The maximum absolute atomic E-state index is 11.2. The highest BCUT2D eigenvalue weighted by molar-refractivity contribution is 6.60. The molecule has 0 aliphatic rings. The minimum atomic E-state index is -1.75. The summed E-state index contributed by atoms with van der Waals surface area (Å²) in [5.41, 5.74) is 1.05. The van der Waals surface area contributed by atoms with Gasteiger partial charge in [0.15, 0.2) is 12.1 Å². The second-order valence-electron chi connectivity index (χ2n) is 4.98. The lowest BCUT2D eigenvalue weighted by Crippen LogP contribution is -2.33. The normalized spacial score (nSPS) is 10.4. The first-order valence-corrected chi connectivity index (χ1v) is 7.22. The molecule has 8 heteroatoms. The van der Waals surface area contributed by atoms with Crippen molar-refractivity contribution in [2.75, 3.05) is 0 Å². The SMILES string of the molecule is O=Cc1c(OCc2ncn(-c3ccccc3)n2)cccc1B(O)O. The van der Waals surface area contributed by atoms with E-state index in [0.717, 1.165) is 5.69 Å². The van der Waals surface area contributed by atoms with Gasteiger partial charge in [-0.25, -0.2) is 9.67 Å². The molecule has 3 rings (SSSR count). The van der Waals surface area contributed by atoms with Gasteiger partial charge in [-0.2, -0.15) is 0 Å². The van der Waals surface area contributed by atoms with Gasteiger partial charge < -0.3 is 14.8 Å². The molecule has 0 amide bonds. The number of nitrogens with zero attached hydrogens (tertiary/aromatic N) is 3. The fraction of sp³-hybridized carbons (Fsp3) is 0.0625. The predicted molar refractivity (Wildman–Crippen MR) is 87.3 cm³/mol. The van der Waals surface area contributed by atoms with Crippen molar-refractivity contribution in [2.45, 2.75) is 6.61 Å². The van der Waals surface area contributed by atoms with Gasteiger partial charge in [-0.15, -0.1) is 5.10 Å². The van der Waals surface area contributed by atoms with E-state index in [0.29, 0.717) is 12.1 Å². The molecule has 0 radical (unpaired) electrons. The molecule has 0 aliphatic heterocycles. The Bertz CT molecular complexity index is 836. The summed E-state index contributed by atoms with van der Waals surface area (Å²) >= 11 is 0. The van der Waals surface area contributed by atoms with Crippen LogP contribution < -0.4 is 10.2 Å². The second-order valence-corrected chi connectivity index (χ2v) is 4.98. The number of carbonyl (C=O) groups is 1. The summed E-state index contributed by atoms with van der Waals surface area (Å²) in [5, 5.41) is 22.9. The van der Waals surface area contributed by atoms with Gasteiger partial charge in [0.05, 0.1) is 11.3 Å². The Kier molecular flexibility index (Phi) is 4.69. The number of rotatable bonds is 6. The molecular formula is C16H14BN3O4. The highest BCUT2D eigenvalue weighted by atomic mass is 16.5. The third kappa shape index (κ3) is 3.34. The van der Waals surface area contributed by atoms with Gasteiger partial charge in [0, 0.05) is 0 Å². The van der Waals surface area contributed by atoms with Crippen LogP contribution in [0.15, 0.2) is 54.9 Å². The van der Waals surface area contributed by atoms with Crippen molar-refractivity contribution in [1.29, 1.82) is 0 Å². The molecule has 7 nitrogen and oxygen atoms in total. The van der Waals surface area contributed by atoms with E-state index in [2.05, 4.69) is 10.1 Å². The van der Waals surface area contributed by atoms with Gasteiger partial charge in [0.1, 0.15) is 18.7 Å². The van der Waals surface area contributed by atoms with Crippen molar-refractivity contribution in [3.05, 3.63) is 66.2 Å². The molecule has 2 N–H and O–H groups in total. The van der Waals surface area contributed by atoms with Crippen LogP contribution in [0.4, 0.5) is 0 Å². The van der Waals surface area contributed by atoms with Gasteiger partial charge in [0.25, 0.3) is 0 Å². The number of para-hydroxylation sites is 1. The number of hydrogen-bond donors (Lipinski definition) is 2. The lowest BCUT2D eigenvalue weighted by molar-refractivity contribution is 0.111. The number of hydrogen-bond acceptors (Lipinski definition) is 6. The molecule has 24 heavy (non-hydrogen) atoms. The average Bonchev–Trinajstić information content (AvgIpc) is 3.09. The molecule has 0 unspecified atom stereocenters. The molecule has 0 spiro atoms. The Morgan fingerprint density at radius 2 is 1.92 bits per heavy atom. The third-order valence-corrected chi connectivity index (χ3v) is 3.41. The van der Waals surface area contributed by atoms with E-state index in [4.69, 9.17) is 4.74 Å². The maximum atomic E-state index is 11.2. The van der Waals surface area contributed by atoms with Crippen molar-refractivity contribution >= 4 is 18.9 Å². The molecule has 0 aliphatic carbocycles. The van der Waals surface area contributed by atoms with Crippen LogP contribution >= 0.6 is 0 Å². The van der Waals surface area contributed by atoms with E-state index in [9.17, 15) is 14.8 Å². The molecule has 0 saturated carbocycles. The fourth-order valence-electron chi connectivity index (χ4n) is 2.25. The van der Waals surface area contributed by atoms with Crippen LogP contribution in [0.3, 0.4) is 0 Å². The Balaban J connectivity index is 1.76. The van der Waals surface area contributed by atoms with E-state index in [-0.39, 0.29) is 23.4 Å². The van der Waals surface area contributed by atoms with E-state index >= 15 is 0 Å². The fourth-order valence-corrected chi connectivity index (χ4v) is 2.25. The average molecular weight is 323 g/mol. The molecule has 0 fully saturated rings. The summed E-state index contributed by atoms with van der Waals surface area (Å²) in [6.07, 6.45) is 2.10. The van der Waals surface area contributed by atoms with Crippen molar-refractivity contribution in [1.82, 2.24) is 14.8 Å². The summed E-state index contributed by atoms with van der Waals surface area (Å²) in [5.74, 6) is 0.678. The summed E-state index contributed by atoms with van der Waals surface area (Å²) in [6.45, 7) is 0.0473. The summed E-state index contributed by atoms with van der Waals surface area (Å²) in [6, 6.07) is 14.1. The second kappa shape index (κ2) is 7.07. The summed E-state index contributed by atoms with van der Waals surface area (Å²) in [4.78, 5) is 15.4. The summed E-state index contributed by atoms with van der Waals surface area (Å²) in [7, 11) is -1.75. The number of carbonyl (C=O) groups excluding carboxylic acids is 1. The van der Waals surface area contributed by atoms with Gasteiger partial charge in [-0.1, -0.05) is 30.3 Å². The standard InChI is InChI=1S/C16H14BN3O4/c21-9-13-14(17(22)23)7-4-8-15(13)24-10-16-18-11-20(19-16)12-5-2-1-3-6-12/h1-9,11,22-23H,10H2. The van der Waals surface area contributed by atoms with Crippen LogP contribution in [-0.2, 0) is 6.61 Å². The molecule has 0 atom stereocenters. The molecular weight excluding hydrogens is 309 g/mol. The van der Waals surface area contributed by atoms with Crippen LogP contribution in [0.25, 0.3) is 5.69 Å². The number of aromatic nitrogens is 3. The Morgan fingerprint density at radius 1 is 1.12 bits per heavy atom. The number of aldehydes is 1. The van der Waals surface area contributed by atoms with Crippen molar-refractivity contribution < 1.29 is 19.6 Å². The molecule has 0 saturated heterocycles. The third-order valence-electron chi connectivity index (χ3n) is 3.41. The van der Waals surface area contributed by atoms with Gasteiger partial charge in [0.2, 0.25) is 0 Å². The largest absolute Gasteiger partial charge is 0.489 e. The topological polar surface area (TPSA) is 97.5 Å². The van der Waals surface area contributed by atoms with E-state index in [1.54, 1.807) is 23.1 Å².